The van der Waals surface area contributed by atoms with Crippen LogP contribution in [0.25, 0.3) is 0 Å². The molecule has 44 heavy (non-hydrogen) atoms. The Kier molecular flexibility index (Phi) is 11.6. The lowest BCUT2D eigenvalue weighted by Gasteiger charge is -2.34. The van der Waals surface area contributed by atoms with E-state index >= 15 is 0 Å². The maximum Gasteiger partial charge on any atom is 0.264 e. The van der Waals surface area contributed by atoms with Crippen LogP contribution in [0.5, 0.6) is 0 Å². The molecule has 0 spiro atoms. The van der Waals surface area contributed by atoms with Crippen LogP contribution < -0.4 is 9.62 Å². The third-order valence-corrected chi connectivity index (χ3v) is 9.31. The molecule has 4 aromatic carbocycles. The lowest BCUT2D eigenvalue weighted by atomic mass is 10.0. The van der Waals surface area contributed by atoms with Gasteiger partial charge in [-0.15, -0.1) is 0 Å². The normalized spacial score (nSPS) is 11.9. The Morgan fingerprint density at radius 1 is 0.841 bits per heavy atom. The van der Waals surface area contributed by atoms with E-state index < -0.39 is 28.5 Å². The third-order valence-electron chi connectivity index (χ3n) is 7.27. The Morgan fingerprint density at radius 2 is 1.48 bits per heavy atom. The van der Waals surface area contributed by atoms with Crippen LogP contribution in [-0.2, 0) is 32.6 Å². The van der Waals surface area contributed by atoms with Crippen LogP contribution in [0.1, 0.15) is 36.5 Å². The Morgan fingerprint density at radius 3 is 2.09 bits per heavy atom. The fraction of sp³-hybridized carbons (Fsp3) is 0.257. The molecule has 0 saturated heterocycles. The van der Waals surface area contributed by atoms with Crippen LogP contribution >= 0.6 is 11.6 Å². The standard InChI is InChI=1S/C35H38ClN3O4S/c1-3-4-22-37-35(41)33(24-28-13-7-5-8-14-28)38(25-29-15-9-6-10-16-29)34(40)26-39(31-17-11-12-27(2)23-31)44(42,43)32-20-18-30(36)19-21-32/h5-21,23,33H,3-4,22,24-26H2,1-2H3,(H,37,41)/t33-/m1/s1. The van der Waals surface area contributed by atoms with Crippen molar-refractivity contribution in [2.45, 2.75) is 50.6 Å². The molecule has 0 saturated carbocycles. The predicted molar refractivity (Wildman–Crippen MR) is 176 cm³/mol. The molecule has 1 atom stereocenters. The molecular formula is C35H38ClN3O4S. The molecule has 4 rings (SSSR count). The first-order chi connectivity index (χ1) is 21.2. The number of aryl methyl sites for hydroxylation is 1. The molecule has 230 valence electrons. The molecule has 0 heterocycles. The Balaban J connectivity index is 1.77. The van der Waals surface area contributed by atoms with Gasteiger partial charge in [-0.2, -0.15) is 0 Å². The van der Waals surface area contributed by atoms with E-state index in [4.69, 9.17) is 11.6 Å². The predicted octanol–water partition coefficient (Wildman–Crippen LogP) is 6.40. The number of carbonyl (C=O) groups excluding carboxylic acids is 2. The molecule has 4 aromatic rings. The van der Waals surface area contributed by atoms with Gasteiger partial charge in [0.25, 0.3) is 10.0 Å². The third kappa shape index (κ3) is 8.71. The molecule has 0 radical (unpaired) electrons. The summed E-state index contributed by atoms with van der Waals surface area (Å²) in [6.07, 6.45) is 1.98. The summed E-state index contributed by atoms with van der Waals surface area (Å²) in [5, 5.41) is 3.40. The monoisotopic (exact) mass is 631 g/mol. The van der Waals surface area contributed by atoms with Gasteiger partial charge in [0.05, 0.1) is 10.6 Å². The number of sulfonamides is 1. The second-order valence-electron chi connectivity index (χ2n) is 10.7. The van der Waals surface area contributed by atoms with Gasteiger partial charge in [-0.05, 0) is 66.4 Å². The smallest absolute Gasteiger partial charge is 0.264 e. The van der Waals surface area contributed by atoms with Gasteiger partial charge in [0.2, 0.25) is 11.8 Å². The molecule has 0 aliphatic heterocycles. The van der Waals surface area contributed by atoms with Crippen molar-refractivity contribution in [2.75, 3.05) is 17.4 Å². The van der Waals surface area contributed by atoms with E-state index in [9.17, 15) is 18.0 Å². The number of carbonyl (C=O) groups is 2. The van der Waals surface area contributed by atoms with Crippen LogP contribution in [0.3, 0.4) is 0 Å². The van der Waals surface area contributed by atoms with Crippen LogP contribution in [-0.4, -0.2) is 44.3 Å². The second-order valence-corrected chi connectivity index (χ2v) is 13.0. The van der Waals surface area contributed by atoms with E-state index in [1.54, 1.807) is 18.2 Å². The summed E-state index contributed by atoms with van der Waals surface area (Å²) in [6.45, 7) is 4.00. The van der Waals surface area contributed by atoms with E-state index in [-0.39, 0.29) is 23.8 Å². The topological polar surface area (TPSA) is 86.8 Å². The number of nitrogens with zero attached hydrogens (tertiary/aromatic N) is 2. The van der Waals surface area contributed by atoms with E-state index in [1.807, 2.05) is 80.6 Å². The minimum atomic E-state index is -4.18. The Labute approximate surface area is 265 Å². The highest BCUT2D eigenvalue weighted by molar-refractivity contribution is 7.92. The summed E-state index contributed by atoms with van der Waals surface area (Å²) in [5.41, 5.74) is 2.89. The maximum absolute atomic E-state index is 14.4. The summed E-state index contributed by atoms with van der Waals surface area (Å²) in [4.78, 5) is 29.7. The van der Waals surface area contributed by atoms with Crippen LogP contribution in [0, 0.1) is 6.92 Å². The lowest BCUT2D eigenvalue weighted by molar-refractivity contribution is -0.140. The first kappa shape index (κ1) is 32.8. The van der Waals surface area contributed by atoms with Gasteiger partial charge in [0.15, 0.2) is 0 Å². The van der Waals surface area contributed by atoms with Gasteiger partial charge in [0.1, 0.15) is 12.6 Å². The number of rotatable bonds is 14. The van der Waals surface area contributed by atoms with Gasteiger partial charge >= 0.3 is 0 Å². The second kappa shape index (κ2) is 15.5. The minimum Gasteiger partial charge on any atom is -0.354 e. The number of nitrogens with one attached hydrogen (secondary N) is 1. The Hall–Kier alpha value is -4.14. The number of halogens is 1. The highest BCUT2D eigenvalue weighted by Crippen LogP contribution is 2.26. The fourth-order valence-electron chi connectivity index (χ4n) is 4.89. The maximum atomic E-state index is 14.4. The highest BCUT2D eigenvalue weighted by atomic mass is 35.5. The minimum absolute atomic E-state index is 0.00367. The fourth-order valence-corrected chi connectivity index (χ4v) is 6.42. The Bertz CT molecular complexity index is 1630. The molecule has 7 nitrogen and oxygen atoms in total. The highest BCUT2D eigenvalue weighted by Gasteiger charge is 2.34. The van der Waals surface area contributed by atoms with Crippen LogP contribution in [0.2, 0.25) is 5.02 Å². The van der Waals surface area contributed by atoms with E-state index in [0.29, 0.717) is 17.3 Å². The molecule has 0 fully saturated rings. The summed E-state index contributed by atoms with van der Waals surface area (Å²) in [5.74, 6) is -0.784. The van der Waals surface area contributed by atoms with E-state index in [0.717, 1.165) is 33.8 Å². The molecule has 1 N–H and O–H groups in total. The van der Waals surface area contributed by atoms with E-state index in [1.165, 1.54) is 29.2 Å². The van der Waals surface area contributed by atoms with Crippen molar-refractivity contribution < 1.29 is 18.0 Å². The molecule has 0 aliphatic rings. The van der Waals surface area contributed by atoms with Crippen molar-refractivity contribution in [3.05, 3.63) is 131 Å². The molecule has 2 amide bonds. The van der Waals surface area contributed by atoms with Crippen molar-refractivity contribution in [1.82, 2.24) is 10.2 Å². The van der Waals surface area contributed by atoms with Crippen molar-refractivity contribution in [3.8, 4) is 0 Å². The zero-order chi connectivity index (χ0) is 31.5. The number of hydrogen-bond acceptors (Lipinski definition) is 4. The van der Waals surface area contributed by atoms with Gasteiger partial charge in [0, 0.05) is 24.5 Å². The quantitative estimate of drug-likeness (QED) is 0.163. The van der Waals surface area contributed by atoms with Crippen molar-refractivity contribution in [3.63, 3.8) is 0 Å². The summed E-state index contributed by atoms with van der Waals surface area (Å²) < 4.78 is 29.3. The molecule has 0 aromatic heterocycles. The summed E-state index contributed by atoms with van der Waals surface area (Å²) >= 11 is 6.05. The number of anilines is 1. The zero-order valence-electron chi connectivity index (χ0n) is 25.0. The van der Waals surface area contributed by atoms with Crippen LogP contribution in [0.15, 0.2) is 114 Å². The number of unbranched alkanes of at least 4 members (excludes halogenated alkanes) is 1. The molecule has 0 unspecified atom stereocenters. The largest absolute Gasteiger partial charge is 0.354 e. The van der Waals surface area contributed by atoms with Gasteiger partial charge in [-0.25, -0.2) is 8.42 Å². The average Bonchev–Trinajstić information content (AvgIpc) is 3.02. The first-order valence-electron chi connectivity index (χ1n) is 14.7. The number of amides is 2. The SMILES string of the molecule is CCCCNC(=O)[C@@H](Cc1ccccc1)N(Cc1ccccc1)C(=O)CN(c1cccc(C)c1)S(=O)(=O)c1ccc(Cl)cc1. The van der Waals surface area contributed by atoms with Crippen molar-refractivity contribution >= 4 is 39.1 Å². The van der Waals surface area contributed by atoms with Gasteiger partial charge < -0.3 is 10.2 Å². The lowest BCUT2D eigenvalue weighted by Crippen LogP contribution is -2.53. The first-order valence-corrected chi connectivity index (χ1v) is 16.5. The van der Waals surface area contributed by atoms with Gasteiger partial charge in [-0.1, -0.05) is 97.7 Å². The van der Waals surface area contributed by atoms with Gasteiger partial charge in [-0.3, -0.25) is 13.9 Å². The molecule has 9 heteroatoms. The number of benzene rings is 4. The number of hydrogen-bond donors (Lipinski definition) is 1. The average molecular weight is 632 g/mol. The summed E-state index contributed by atoms with van der Waals surface area (Å²) in [6, 6.07) is 30.9. The van der Waals surface area contributed by atoms with Crippen molar-refractivity contribution in [2.24, 2.45) is 0 Å². The molecule has 0 bridgehead atoms. The molecular weight excluding hydrogens is 594 g/mol. The van der Waals surface area contributed by atoms with E-state index in [2.05, 4.69) is 5.32 Å². The van der Waals surface area contributed by atoms with Crippen LogP contribution in [0.4, 0.5) is 5.69 Å². The summed E-state index contributed by atoms with van der Waals surface area (Å²) in [7, 11) is -4.18. The molecule has 0 aliphatic carbocycles. The zero-order valence-corrected chi connectivity index (χ0v) is 26.6. The van der Waals surface area contributed by atoms with Crippen molar-refractivity contribution in [1.29, 1.82) is 0 Å².